The third kappa shape index (κ3) is 6.39. The Morgan fingerprint density at radius 2 is 2.00 bits per heavy atom. The van der Waals surface area contributed by atoms with Crippen LogP contribution in [-0.2, 0) is 4.79 Å². The molecule has 0 bridgehead atoms. The zero-order valence-corrected chi connectivity index (χ0v) is 26.7. The SMILES string of the molecule is C=CC(=O)N1CC[C@@H](n2nc(-c3cc[c-]nc3F)c3c(N)ncnc32)C1.Ic1[c-]c(I)ccc1.[U+2]. The Labute approximate surface area is 252 Å². The van der Waals surface area contributed by atoms with Crippen LogP contribution in [-0.4, -0.2) is 48.6 Å². The maximum Gasteiger partial charge on any atom is 2.00 e. The molecule has 1 fully saturated rings. The van der Waals surface area contributed by atoms with E-state index in [1.165, 1.54) is 31.7 Å². The molecule has 176 valence electrons. The molecule has 12 heteroatoms. The number of aromatic nitrogens is 5. The number of halogens is 3. The molecule has 0 aliphatic carbocycles. The molecule has 3 aromatic heterocycles. The van der Waals surface area contributed by atoms with Gasteiger partial charge in [-0.05, 0) is 12.5 Å². The van der Waals surface area contributed by atoms with Crippen LogP contribution in [0, 0.1) is 56.5 Å². The molecular formula is C23H18FI2N7OU. The Hall–Kier alpha value is -1.63. The molecule has 1 aliphatic rings. The second-order valence-corrected chi connectivity index (χ2v) is 9.63. The van der Waals surface area contributed by atoms with Gasteiger partial charge in [-0.15, -0.1) is 0 Å². The van der Waals surface area contributed by atoms with Crippen LogP contribution in [0.5, 0.6) is 0 Å². The Morgan fingerprint density at radius 3 is 2.63 bits per heavy atom. The number of nitrogens with two attached hydrogens (primary N) is 1. The van der Waals surface area contributed by atoms with Gasteiger partial charge < -0.3 is 15.6 Å². The Morgan fingerprint density at radius 1 is 1.26 bits per heavy atom. The number of carbonyl (C=O) groups excluding carboxylic acids is 1. The van der Waals surface area contributed by atoms with Gasteiger partial charge in [0.1, 0.15) is 18.1 Å². The van der Waals surface area contributed by atoms with Crippen LogP contribution in [0.1, 0.15) is 12.5 Å². The third-order valence-corrected chi connectivity index (χ3v) is 6.46. The quantitative estimate of drug-likeness (QED) is 0.144. The van der Waals surface area contributed by atoms with E-state index in [1.54, 1.807) is 9.58 Å². The minimum atomic E-state index is -0.697. The largest absolute Gasteiger partial charge is 2.00 e. The van der Waals surface area contributed by atoms with E-state index in [9.17, 15) is 9.18 Å². The van der Waals surface area contributed by atoms with Crippen molar-refractivity contribution in [1.82, 2.24) is 29.6 Å². The summed E-state index contributed by atoms with van der Waals surface area (Å²) in [4.78, 5) is 25.4. The summed E-state index contributed by atoms with van der Waals surface area (Å²) >= 11 is 4.49. The zero-order valence-electron chi connectivity index (χ0n) is 18.3. The topological polar surface area (TPSA) is 103 Å². The average molecular weight is 919 g/mol. The van der Waals surface area contributed by atoms with E-state index in [-0.39, 0.29) is 54.4 Å². The molecule has 8 nitrogen and oxygen atoms in total. The number of amides is 1. The first-order valence-electron chi connectivity index (χ1n) is 10.2. The number of rotatable bonds is 3. The first-order valence-corrected chi connectivity index (χ1v) is 12.3. The number of fused-ring (bicyclic) bond motifs is 1. The van der Waals surface area contributed by atoms with E-state index in [2.05, 4.69) is 84.1 Å². The fourth-order valence-corrected chi connectivity index (χ4v) is 5.16. The summed E-state index contributed by atoms with van der Waals surface area (Å²) in [7, 11) is 0. The van der Waals surface area contributed by atoms with Crippen molar-refractivity contribution in [2.24, 2.45) is 0 Å². The van der Waals surface area contributed by atoms with Crippen LogP contribution in [0.15, 0.2) is 49.3 Å². The van der Waals surface area contributed by atoms with Gasteiger partial charge in [-0.3, -0.25) is 9.18 Å². The van der Waals surface area contributed by atoms with Crippen molar-refractivity contribution in [2.45, 2.75) is 12.5 Å². The maximum absolute atomic E-state index is 14.2. The number of anilines is 1. The molecule has 35 heavy (non-hydrogen) atoms. The standard InChI is InChI=1S/C17H15FN7O.C6H3I2.U/c1-2-12(26)24-7-5-10(8-24)25-17-13(16(19)21-9-22-17)14(23-25)11-4-3-6-20-15(11)18;7-5-2-1-3-6(8)4-5;/h2-4,9-10H,1,5,7-8H2,(H2,19,21,22);1-3H;/q2*-1;+2/t10-;;/m1../s1. The van der Waals surface area contributed by atoms with Crippen molar-refractivity contribution >= 4 is 67.9 Å². The minimum Gasteiger partial charge on any atom is -0.383 e. The molecule has 0 radical (unpaired) electrons. The number of carbonyl (C=O) groups is 1. The molecule has 1 aromatic carbocycles. The van der Waals surface area contributed by atoms with E-state index < -0.39 is 5.95 Å². The number of hydrogen-bond donors (Lipinski definition) is 1. The van der Waals surface area contributed by atoms with Gasteiger partial charge in [0.2, 0.25) is 5.91 Å². The third-order valence-electron chi connectivity index (χ3n) is 5.20. The number of nitrogens with zero attached hydrogens (tertiary/aromatic N) is 6. The van der Waals surface area contributed by atoms with Crippen LogP contribution < -0.4 is 5.73 Å². The van der Waals surface area contributed by atoms with E-state index in [4.69, 9.17) is 5.73 Å². The van der Waals surface area contributed by atoms with Gasteiger partial charge in [0.05, 0.1) is 17.1 Å². The predicted octanol–water partition coefficient (Wildman–Crippen LogP) is 4.07. The van der Waals surface area contributed by atoms with E-state index in [0.29, 0.717) is 36.2 Å². The minimum absolute atomic E-state index is 0. The van der Waals surface area contributed by atoms with Gasteiger partial charge in [0.15, 0.2) is 5.65 Å². The molecule has 1 saturated heterocycles. The summed E-state index contributed by atoms with van der Waals surface area (Å²) in [5.41, 5.74) is 7.04. The second-order valence-electron chi connectivity index (χ2n) is 7.31. The van der Waals surface area contributed by atoms with Gasteiger partial charge >= 0.3 is 31.1 Å². The molecule has 0 spiro atoms. The van der Waals surface area contributed by atoms with Gasteiger partial charge in [0, 0.05) is 13.1 Å². The molecule has 1 atom stereocenters. The van der Waals surface area contributed by atoms with E-state index in [1.807, 2.05) is 18.2 Å². The summed E-state index contributed by atoms with van der Waals surface area (Å²) in [6.07, 6.45) is 5.77. The molecule has 1 amide bonds. The summed E-state index contributed by atoms with van der Waals surface area (Å²) in [5, 5.41) is 5.02. The molecule has 2 N–H and O–H groups in total. The smallest absolute Gasteiger partial charge is 0.383 e. The molecular weight excluding hydrogens is 901 g/mol. The number of nitrogen functional groups attached to an aromatic ring is 1. The summed E-state index contributed by atoms with van der Waals surface area (Å²) < 4.78 is 18.2. The van der Waals surface area contributed by atoms with Crippen LogP contribution in [0.4, 0.5) is 10.2 Å². The van der Waals surface area contributed by atoms with Crippen molar-refractivity contribution in [3.63, 3.8) is 0 Å². The average Bonchev–Trinajstić information content (AvgIpc) is 3.45. The number of hydrogen-bond acceptors (Lipinski definition) is 6. The number of benzene rings is 1. The summed E-state index contributed by atoms with van der Waals surface area (Å²) in [5.74, 6) is -0.621. The second kappa shape index (κ2) is 12.6. The summed E-state index contributed by atoms with van der Waals surface area (Å²) in [6.45, 7) is 4.57. The van der Waals surface area contributed by atoms with Crippen LogP contribution in [0.2, 0.25) is 0 Å². The van der Waals surface area contributed by atoms with Crippen molar-refractivity contribution in [3.8, 4) is 11.3 Å². The number of pyridine rings is 1. The van der Waals surface area contributed by atoms with Crippen LogP contribution >= 0.6 is 45.2 Å². The molecule has 5 rings (SSSR count). The monoisotopic (exact) mass is 919 g/mol. The fraction of sp³-hybridized carbons (Fsp3) is 0.174. The van der Waals surface area contributed by atoms with Crippen LogP contribution in [0.3, 0.4) is 0 Å². The van der Waals surface area contributed by atoms with E-state index >= 15 is 0 Å². The molecule has 4 heterocycles. The van der Waals surface area contributed by atoms with Crippen LogP contribution in [0.25, 0.3) is 22.3 Å². The van der Waals surface area contributed by atoms with Crippen molar-refractivity contribution in [1.29, 1.82) is 0 Å². The first kappa shape index (κ1) is 28.0. The molecule has 1 aliphatic heterocycles. The van der Waals surface area contributed by atoms with Gasteiger partial charge in [-0.25, -0.2) is 14.6 Å². The van der Waals surface area contributed by atoms with Gasteiger partial charge in [-0.1, -0.05) is 70.7 Å². The molecule has 0 unspecified atom stereocenters. The number of likely N-dealkylation sites (tertiary alicyclic amines) is 1. The van der Waals surface area contributed by atoms with Crippen molar-refractivity contribution in [2.75, 3.05) is 18.8 Å². The Bertz CT molecular complexity index is 1350. The summed E-state index contributed by atoms with van der Waals surface area (Å²) in [6, 6.07) is 12.2. The maximum atomic E-state index is 14.2. The molecule has 4 aromatic rings. The normalized spacial score (nSPS) is 14.7. The predicted molar refractivity (Wildman–Crippen MR) is 143 cm³/mol. The first-order chi connectivity index (χ1) is 16.4. The van der Waals surface area contributed by atoms with Crippen molar-refractivity contribution < 1.29 is 40.3 Å². The Kier molecular flexibility index (Phi) is 10.0. The van der Waals surface area contributed by atoms with Gasteiger partial charge in [0.25, 0.3) is 0 Å². The zero-order chi connectivity index (χ0) is 24.2. The van der Waals surface area contributed by atoms with Crippen molar-refractivity contribution in [3.05, 3.63) is 74.7 Å². The Balaban J connectivity index is 0.000000325. The molecule has 0 saturated carbocycles. The van der Waals surface area contributed by atoms with Gasteiger partial charge in [-0.2, -0.15) is 41.5 Å². The fourth-order valence-electron chi connectivity index (χ4n) is 3.64. The van der Waals surface area contributed by atoms with E-state index in [0.717, 1.165) is 0 Å².